The van der Waals surface area contributed by atoms with Crippen LogP contribution in [-0.2, 0) is 6.18 Å². The van der Waals surface area contributed by atoms with E-state index < -0.39 is 11.7 Å². The lowest BCUT2D eigenvalue weighted by molar-refractivity contribution is -0.137. The largest absolute Gasteiger partial charge is 0.452 e. The van der Waals surface area contributed by atoms with Crippen molar-refractivity contribution in [2.24, 2.45) is 0 Å². The van der Waals surface area contributed by atoms with E-state index in [-0.39, 0.29) is 11.5 Å². The van der Waals surface area contributed by atoms with Gasteiger partial charge in [-0.15, -0.1) is 0 Å². The molecule has 0 N–H and O–H groups in total. The Bertz CT molecular complexity index is 1110. The van der Waals surface area contributed by atoms with Crippen LogP contribution in [0.25, 0.3) is 22.1 Å². The Morgan fingerprint density at radius 2 is 1.41 bits per heavy atom. The molecule has 0 fully saturated rings. The van der Waals surface area contributed by atoms with E-state index in [2.05, 4.69) is 0 Å². The Morgan fingerprint density at radius 3 is 2.07 bits per heavy atom. The second-order valence-electron chi connectivity index (χ2n) is 6.07. The van der Waals surface area contributed by atoms with Gasteiger partial charge in [-0.2, -0.15) is 13.2 Å². The van der Waals surface area contributed by atoms with Crippen LogP contribution in [0.4, 0.5) is 13.2 Å². The lowest BCUT2D eigenvalue weighted by Gasteiger charge is -2.08. The van der Waals surface area contributed by atoms with E-state index in [1.54, 1.807) is 54.6 Å². The Balaban J connectivity index is 1.90. The predicted molar refractivity (Wildman–Crippen MR) is 96.5 cm³/mol. The van der Waals surface area contributed by atoms with Crippen molar-refractivity contribution in [1.82, 2.24) is 0 Å². The van der Waals surface area contributed by atoms with Crippen molar-refractivity contribution in [3.8, 4) is 11.1 Å². The number of carbonyl (C=O) groups excluding carboxylic acids is 1. The summed E-state index contributed by atoms with van der Waals surface area (Å²) in [6.45, 7) is 0. The Labute approximate surface area is 152 Å². The van der Waals surface area contributed by atoms with E-state index in [0.29, 0.717) is 27.7 Å². The topological polar surface area (TPSA) is 30.2 Å². The molecule has 3 aromatic carbocycles. The number of ketones is 1. The number of furan rings is 1. The van der Waals surface area contributed by atoms with Gasteiger partial charge in [-0.1, -0.05) is 60.7 Å². The van der Waals surface area contributed by atoms with Gasteiger partial charge in [0, 0.05) is 16.5 Å². The summed E-state index contributed by atoms with van der Waals surface area (Å²) in [6.07, 6.45) is -4.42. The van der Waals surface area contributed by atoms with Crippen molar-refractivity contribution in [1.29, 1.82) is 0 Å². The Kier molecular flexibility index (Phi) is 4.07. The molecule has 0 atom stereocenters. The van der Waals surface area contributed by atoms with Crippen molar-refractivity contribution in [2.75, 3.05) is 0 Å². The van der Waals surface area contributed by atoms with E-state index in [9.17, 15) is 18.0 Å². The molecule has 5 heteroatoms. The van der Waals surface area contributed by atoms with E-state index in [4.69, 9.17) is 4.42 Å². The molecule has 0 radical (unpaired) electrons. The molecule has 1 aromatic heterocycles. The molecule has 0 saturated carbocycles. The van der Waals surface area contributed by atoms with Crippen molar-refractivity contribution >= 4 is 16.8 Å². The predicted octanol–water partition coefficient (Wildman–Crippen LogP) is 6.35. The first-order valence-electron chi connectivity index (χ1n) is 8.24. The highest BCUT2D eigenvalue weighted by Crippen LogP contribution is 2.37. The first-order valence-corrected chi connectivity index (χ1v) is 8.24. The average Bonchev–Trinajstić information content (AvgIpc) is 3.07. The van der Waals surface area contributed by atoms with Gasteiger partial charge in [-0.25, -0.2) is 0 Å². The van der Waals surface area contributed by atoms with Crippen LogP contribution in [0.15, 0.2) is 83.3 Å². The molecule has 0 amide bonds. The molecular weight excluding hydrogens is 353 g/mol. The highest BCUT2D eigenvalue weighted by Gasteiger charge is 2.30. The minimum Gasteiger partial charge on any atom is -0.452 e. The van der Waals surface area contributed by atoms with Gasteiger partial charge in [0.1, 0.15) is 5.58 Å². The third-order valence-corrected chi connectivity index (χ3v) is 4.34. The van der Waals surface area contributed by atoms with Crippen LogP contribution in [0.2, 0.25) is 0 Å². The zero-order chi connectivity index (χ0) is 19.0. The van der Waals surface area contributed by atoms with Crippen LogP contribution < -0.4 is 0 Å². The highest BCUT2D eigenvalue weighted by atomic mass is 19.4. The molecule has 0 aliphatic rings. The smallest absolute Gasteiger partial charge is 0.416 e. The summed E-state index contributed by atoms with van der Waals surface area (Å²) in [7, 11) is 0. The normalized spacial score (nSPS) is 11.7. The third-order valence-electron chi connectivity index (χ3n) is 4.34. The summed E-state index contributed by atoms with van der Waals surface area (Å²) in [5.41, 5.74) is 1.20. The van der Waals surface area contributed by atoms with Gasteiger partial charge in [-0.05, 0) is 23.8 Å². The van der Waals surface area contributed by atoms with Gasteiger partial charge in [0.15, 0.2) is 5.76 Å². The second kappa shape index (κ2) is 6.43. The van der Waals surface area contributed by atoms with Crippen LogP contribution in [0.3, 0.4) is 0 Å². The van der Waals surface area contributed by atoms with Gasteiger partial charge in [0.25, 0.3) is 0 Å². The monoisotopic (exact) mass is 366 g/mol. The number of para-hydroxylation sites is 1. The zero-order valence-corrected chi connectivity index (χ0v) is 14.0. The molecule has 134 valence electrons. The highest BCUT2D eigenvalue weighted by molar-refractivity contribution is 6.15. The van der Waals surface area contributed by atoms with Crippen LogP contribution >= 0.6 is 0 Å². The molecule has 0 spiro atoms. The maximum atomic E-state index is 13.0. The maximum absolute atomic E-state index is 13.0. The summed E-state index contributed by atoms with van der Waals surface area (Å²) in [4.78, 5) is 13.0. The maximum Gasteiger partial charge on any atom is 0.416 e. The fraction of sp³-hybridized carbons (Fsp3) is 0.0455. The molecule has 2 nitrogen and oxygen atoms in total. The molecule has 27 heavy (non-hydrogen) atoms. The summed E-state index contributed by atoms with van der Waals surface area (Å²) < 4.78 is 44.4. The third kappa shape index (κ3) is 3.12. The Morgan fingerprint density at radius 1 is 0.778 bits per heavy atom. The number of carbonyl (C=O) groups is 1. The second-order valence-corrected chi connectivity index (χ2v) is 6.07. The number of halogens is 3. The van der Waals surface area contributed by atoms with Crippen molar-refractivity contribution < 1.29 is 22.4 Å². The van der Waals surface area contributed by atoms with E-state index in [0.717, 1.165) is 12.1 Å². The van der Waals surface area contributed by atoms with Gasteiger partial charge >= 0.3 is 6.18 Å². The minimum absolute atomic E-state index is 0.113. The first-order chi connectivity index (χ1) is 12.9. The SMILES string of the molecule is O=C(c1ccccc1)c1oc2ccccc2c1-c1ccc(C(F)(F)F)cc1. The van der Waals surface area contributed by atoms with Gasteiger partial charge in [0.2, 0.25) is 5.78 Å². The van der Waals surface area contributed by atoms with Crippen LogP contribution in [-0.4, -0.2) is 5.78 Å². The summed E-state index contributed by atoms with van der Waals surface area (Å²) in [6, 6.07) is 20.5. The molecule has 0 saturated heterocycles. The van der Waals surface area contributed by atoms with Gasteiger partial charge in [-0.3, -0.25) is 4.79 Å². The quantitative estimate of drug-likeness (QED) is 0.396. The fourth-order valence-corrected chi connectivity index (χ4v) is 3.04. The number of fused-ring (bicyclic) bond motifs is 1. The van der Waals surface area contributed by atoms with Crippen LogP contribution in [0.1, 0.15) is 21.7 Å². The number of benzene rings is 3. The van der Waals surface area contributed by atoms with E-state index in [1.807, 2.05) is 0 Å². The molecule has 0 aliphatic heterocycles. The lowest BCUT2D eigenvalue weighted by atomic mass is 9.97. The minimum atomic E-state index is -4.42. The standard InChI is InChI=1S/C22H13F3O2/c23-22(24,25)16-12-10-14(11-13-16)19-17-8-4-5-9-18(17)27-21(19)20(26)15-6-2-1-3-7-15/h1-13H. The van der Waals surface area contributed by atoms with Crippen molar-refractivity contribution in [3.63, 3.8) is 0 Å². The number of hydrogen-bond donors (Lipinski definition) is 0. The van der Waals surface area contributed by atoms with E-state index >= 15 is 0 Å². The molecular formula is C22H13F3O2. The summed E-state index contributed by atoms with van der Waals surface area (Å²) in [5, 5.41) is 0.677. The fourth-order valence-electron chi connectivity index (χ4n) is 3.04. The molecule has 4 aromatic rings. The lowest BCUT2D eigenvalue weighted by Crippen LogP contribution is -2.04. The number of rotatable bonds is 3. The van der Waals surface area contributed by atoms with Gasteiger partial charge < -0.3 is 4.42 Å². The molecule has 0 bridgehead atoms. The summed E-state index contributed by atoms with van der Waals surface area (Å²) in [5.74, 6) is -0.205. The molecule has 0 aliphatic carbocycles. The average molecular weight is 366 g/mol. The first kappa shape index (κ1) is 17.1. The molecule has 0 unspecified atom stereocenters. The summed E-state index contributed by atoms with van der Waals surface area (Å²) >= 11 is 0. The zero-order valence-electron chi connectivity index (χ0n) is 14.0. The van der Waals surface area contributed by atoms with Crippen LogP contribution in [0, 0.1) is 0 Å². The van der Waals surface area contributed by atoms with Crippen LogP contribution in [0.5, 0.6) is 0 Å². The number of hydrogen-bond acceptors (Lipinski definition) is 2. The van der Waals surface area contributed by atoms with Gasteiger partial charge in [0.05, 0.1) is 5.56 Å². The van der Waals surface area contributed by atoms with Crippen molar-refractivity contribution in [2.45, 2.75) is 6.18 Å². The Hall–Kier alpha value is -3.34. The molecule has 1 heterocycles. The molecule has 4 rings (SSSR count). The van der Waals surface area contributed by atoms with E-state index in [1.165, 1.54) is 12.1 Å². The van der Waals surface area contributed by atoms with Crippen molar-refractivity contribution in [3.05, 3.63) is 95.7 Å². The number of alkyl halides is 3.